The molecule has 110 valence electrons. The average molecular weight is 304 g/mol. The maximum atomic E-state index is 12.0. The Morgan fingerprint density at radius 3 is 1.71 bits per heavy atom. The van der Waals surface area contributed by atoms with Gasteiger partial charge in [0.2, 0.25) is 0 Å². The molecular formula is C16H16O4S. The molecular weight excluding hydrogens is 288 g/mol. The van der Waals surface area contributed by atoms with Gasteiger partial charge >= 0.3 is 11.9 Å². The van der Waals surface area contributed by atoms with E-state index in [2.05, 4.69) is 12.6 Å². The summed E-state index contributed by atoms with van der Waals surface area (Å²) in [6, 6.07) is 8.57. The maximum absolute atomic E-state index is 12.0. The summed E-state index contributed by atoms with van der Waals surface area (Å²) in [5, 5.41) is 0. The predicted molar refractivity (Wildman–Crippen MR) is 82.2 cm³/mol. The first kappa shape index (κ1) is 15.4. The second-order valence-electron chi connectivity index (χ2n) is 4.33. The molecule has 0 aromatic carbocycles. The molecule has 4 nitrogen and oxygen atoms in total. The summed E-state index contributed by atoms with van der Waals surface area (Å²) in [4.78, 5) is 24.8. The lowest BCUT2D eigenvalue weighted by molar-refractivity contribution is 0.0525. The minimum Gasteiger partial charge on any atom is -0.462 e. The van der Waals surface area contributed by atoms with Crippen LogP contribution in [0.25, 0.3) is 11.1 Å². The van der Waals surface area contributed by atoms with E-state index in [0.29, 0.717) is 22.3 Å². The van der Waals surface area contributed by atoms with Crippen LogP contribution in [0.2, 0.25) is 0 Å². The first-order chi connectivity index (χ1) is 10.1. The van der Waals surface area contributed by atoms with Crippen molar-refractivity contribution in [3.63, 3.8) is 0 Å². The highest BCUT2D eigenvalue weighted by atomic mass is 32.1. The molecule has 0 aliphatic heterocycles. The van der Waals surface area contributed by atoms with Crippen molar-refractivity contribution in [3.8, 4) is 11.1 Å². The Morgan fingerprint density at radius 2 is 1.33 bits per heavy atom. The second kappa shape index (κ2) is 6.63. The zero-order valence-electron chi connectivity index (χ0n) is 11.9. The van der Waals surface area contributed by atoms with Gasteiger partial charge in [0.05, 0.1) is 24.3 Å². The van der Waals surface area contributed by atoms with Gasteiger partial charge in [0.15, 0.2) is 0 Å². The van der Waals surface area contributed by atoms with E-state index in [9.17, 15) is 9.59 Å². The highest BCUT2D eigenvalue weighted by Gasteiger charge is 2.25. The molecule has 0 aromatic rings. The van der Waals surface area contributed by atoms with E-state index in [1.54, 1.807) is 38.1 Å². The molecule has 5 heteroatoms. The van der Waals surface area contributed by atoms with Gasteiger partial charge in [0.1, 0.15) is 0 Å². The molecule has 0 radical (unpaired) electrons. The Labute approximate surface area is 128 Å². The number of hydrogen-bond donors (Lipinski definition) is 1. The lowest BCUT2D eigenvalue weighted by Crippen LogP contribution is -2.05. The van der Waals surface area contributed by atoms with Gasteiger partial charge in [0, 0.05) is 4.90 Å². The Kier molecular flexibility index (Phi) is 4.85. The van der Waals surface area contributed by atoms with Crippen LogP contribution in [0.15, 0.2) is 35.2 Å². The molecule has 0 atom stereocenters. The van der Waals surface area contributed by atoms with Gasteiger partial charge < -0.3 is 9.47 Å². The number of carbonyl (C=O) groups excluding carboxylic acids is 2. The summed E-state index contributed by atoms with van der Waals surface area (Å²) >= 11 is 4.28. The standard InChI is InChI=1S/C16H16O4S/c1-3-19-15(17)13-9-14(16(18)20-4-2)12-8-6-10(21)5-7-11(12)13/h5-9,21H,3-4H2,1-2H3. The Bertz CT molecular complexity index is 598. The van der Waals surface area contributed by atoms with Crippen LogP contribution < -0.4 is 0 Å². The van der Waals surface area contributed by atoms with Crippen molar-refractivity contribution < 1.29 is 19.1 Å². The first-order valence-corrected chi connectivity index (χ1v) is 7.13. The number of esters is 2. The smallest absolute Gasteiger partial charge is 0.338 e. The van der Waals surface area contributed by atoms with Crippen molar-refractivity contribution in [1.82, 2.24) is 0 Å². The minimum absolute atomic E-state index is 0.275. The molecule has 21 heavy (non-hydrogen) atoms. The molecule has 0 spiro atoms. The highest BCUT2D eigenvalue weighted by molar-refractivity contribution is 7.80. The van der Waals surface area contributed by atoms with Crippen molar-refractivity contribution in [2.75, 3.05) is 13.2 Å². The van der Waals surface area contributed by atoms with Gasteiger partial charge in [-0.25, -0.2) is 9.59 Å². The van der Waals surface area contributed by atoms with Crippen molar-refractivity contribution >= 4 is 24.6 Å². The molecule has 2 rings (SSSR count). The molecule has 0 N–H and O–H groups in total. The normalized spacial score (nSPS) is 10.4. The van der Waals surface area contributed by atoms with E-state index in [0.717, 1.165) is 4.90 Å². The summed E-state index contributed by atoms with van der Waals surface area (Å²) in [6.07, 6.45) is 0. The van der Waals surface area contributed by atoms with Crippen molar-refractivity contribution in [2.45, 2.75) is 18.7 Å². The third-order valence-electron chi connectivity index (χ3n) is 2.99. The average Bonchev–Trinajstić information content (AvgIpc) is 2.71. The van der Waals surface area contributed by atoms with Crippen LogP contribution in [0, 0.1) is 0 Å². The number of rotatable bonds is 4. The Balaban J connectivity index is 2.60. The molecule has 2 aliphatic carbocycles. The molecule has 0 aromatic heterocycles. The topological polar surface area (TPSA) is 52.6 Å². The monoisotopic (exact) mass is 304 g/mol. The van der Waals surface area contributed by atoms with E-state index in [1.165, 1.54) is 6.07 Å². The lowest BCUT2D eigenvalue weighted by atomic mass is 10.1. The fraction of sp³-hybridized carbons (Fsp3) is 0.250. The molecule has 0 saturated heterocycles. The first-order valence-electron chi connectivity index (χ1n) is 6.68. The maximum Gasteiger partial charge on any atom is 0.338 e. The van der Waals surface area contributed by atoms with Crippen LogP contribution in [-0.2, 0) is 9.47 Å². The third-order valence-corrected chi connectivity index (χ3v) is 3.29. The summed E-state index contributed by atoms with van der Waals surface area (Å²) < 4.78 is 10.1. The van der Waals surface area contributed by atoms with E-state index < -0.39 is 11.9 Å². The molecule has 0 heterocycles. The van der Waals surface area contributed by atoms with Gasteiger partial charge in [-0.3, -0.25) is 0 Å². The molecule has 0 unspecified atom stereocenters. The van der Waals surface area contributed by atoms with Crippen LogP contribution in [-0.4, -0.2) is 25.2 Å². The predicted octanol–water partition coefficient (Wildman–Crippen LogP) is 3.43. The van der Waals surface area contributed by atoms with Crippen LogP contribution >= 0.6 is 12.6 Å². The summed E-state index contributed by atoms with van der Waals surface area (Å²) in [5.41, 5.74) is 2.02. The zero-order valence-corrected chi connectivity index (χ0v) is 12.8. The summed E-state index contributed by atoms with van der Waals surface area (Å²) in [5.74, 6) is -0.907. The van der Waals surface area contributed by atoms with E-state index in [4.69, 9.17) is 9.47 Å². The quantitative estimate of drug-likeness (QED) is 0.694. The lowest BCUT2D eigenvalue weighted by Gasteiger charge is -2.02. The molecule has 0 bridgehead atoms. The van der Waals surface area contributed by atoms with Gasteiger partial charge in [-0.1, -0.05) is 12.1 Å². The van der Waals surface area contributed by atoms with Crippen LogP contribution in [0.5, 0.6) is 0 Å². The van der Waals surface area contributed by atoms with Crippen molar-refractivity contribution in [1.29, 1.82) is 0 Å². The number of fused-ring (bicyclic) bond motifs is 1. The fourth-order valence-corrected chi connectivity index (χ4v) is 2.25. The van der Waals surface area contributed by atoms with Crippen LogP contribution in [0.4, 0.5) is 0 Å². The molecule has 0 fully saturated rings. The van der Waals surface area contributed by atoms with Gasteiger partial charge in [0.25, 0.3) is 0 Å². The Hall–Kier alpha value is -2.01. The number of carbonyl (C=O) groups is 2. The number of ether oxygens (including phenoxy) is 2. The van der Waals surface area contributed by atoms with E-state index in [1.807, 2.05) is 0 Å². The highest BCUT2D eigenvalue weighted by Crippen LogP contribution is 2.33. The summed E-state index contributed by atoms with van der Waals surface area (Å²) in [6.45, 7) is 4.02. The van der Waals surface area contributed by atoms with Crippen molar-refractivity contribution in [3.05, 3.63) is 41.5 Å². The van der Waals surface area contributed by atoms with Gasteiger partial charge in [-0.05, 0) is 43.2 Å². The van der Waals surface area contributed by atoms with Gasteiger partial charge in [-0.2, -0.15) is 0 Å². The van der Waals surface area contributed by atoms with Gasteiger partial charge in [-0.15, -0.1) is 12.6 Å². The third kappa shape index (κ3) is 3.19. The van der Waals surface area contributed by atoms with Crippen LogP contribution in [0.1, 0.15) is 34.6 Å². The van der Waals surface area contributed by atoms with E-state index >= 15 is 0 Å². The molecule has 0 amide bonds. The van der Waals surface area contributed by atoms with Crippen molar-refractivity contribution in [2.24, 2.45) is 0 Å². The molecule has 0 saturated carbocycles. The van der Waals surface area contributed by atoms with E-state index in [-0.39, 0.29) is 13.2 Å². The minimum atomic E-state index is -0.454. The second-order valence-corrected chi connectivity index (χ2v) is 4.85. The Morgan fingerprint density at radius 1 is 0.905 bits per heavy atom. The number of hydrogen-bond acceptors (Lipinski definition) is 5. The largest absolute Gasteiger partial charge is 0.462 e. The van der Waals surface area contributed by atoms with Crippen LogP contribution in [0.3, 0.4) is 0 Å². The number of thiol groups is 1. The zero-order chi connectivity index (χ0) is 15.4. The SMILES string of the molecule is CCOC(=O)c1cc(C(=O)OCC)c2ccc(S)ccc1-2. The fourth-order valence-electron chi connectivity index (χ4n) is 2.10. The molecule has 2 aliphatic rings. The summed E-state index contributed by atoms with van der Waals surface area (Å²) in [7, 11) is 0.